The van der Waals surface area contributed by atoms with Crippen molar-refractivity contribution in [2.75, 3.05) is 5.73 Å². The lowest BCUT2D eigenvalue weighted by molar-refractivity contribution is 0.176. The molecule has 3 heteroatoms. The third-order valence-electron chi connectivity index (χ3n) is 3.04. The van der Waals surface area contributed by atoms with Gasteiger partial charge in [0.2, 0.25) is 0 Å². The van der Waals surface area contributed by atoms with Crippen molar-refractivity contribution in [1.82, 2.24) is 5.16 Å². The first-order chi connectivity index (χ1) is 5.77. The van der Waals surface area contributed by atoms with Gasteiger partial charge in [0.15, 0.2) is 5.82 Å². The van der Waals surface area contributed by atoms with Crippen molar-refractivity contribution < 1.29 is 4.52 Å². The van der Waals surface area contributed by atoms with Gasteiger partial charge in [-0.25, -0.2) is 0 Å². The number of nitrogens with zero attached hydrogens (tertiary/aromatic N) is 1. The zero-order valence-electron chi connectivity index (χ0n) is 7.34. The number of nitrogen functional groups attached to an aromatic ring is 1. The second kappa shape index (κ2) is 2.51. The van der Waals surface area contributed by atoms with Crippen molar-refractivity contribution in [2.45, 2.75) is 38.0 Å². The summed E-state index contributed by atoms with van der Waals surface area (Å²) in [6.07, 6.45) is 4.87. The van der Waals surface area contributed by atoms with E-state index in [4.69, 9.17) is 10.3 Å². The van der Waals surface area contributed by atoms with Crippen LogP contribution in [0.5, 0.6) is 0 Å². The van der Waals surface area contributed by atoms with Gasteiger partial charge in [-0.1, -0.05) is 18.5 Å². The molecule has 2 N–H and O–H groups in total. The van der Waals surface area contributed by atoms with Crippen LogP contribution < -0.4 is 5.73 Å². The van der Waals surface area contributed by atoms with Crippen LogP contribution in [0.25, 0.3) is 0 Å². The van der Waals surface area contributed by atoms with Gasteiger partial charge in [-0.05, 0) is 19.3 Å². The van der Waals surface area contributed by atoms with Crippen LogP contribution in [0.4, 0.5) is 5.82 Å². The zero-order chi connectivity index (χ0) is 8.60. The Balaban J connectivity index is 2.27. The molecule has 1 saturated carbocycles. The minimum absolute atomic E-state index is 0.268. The van der Waals surface area contributed by atoms with E-state index in [1.54, 1.807) is 0 Å². The molecule has 66 valence electrons. The van der Waals surface area contributed by atoms with E-state index in [0.29, 0.717) is 5.82 Å². The van der Waals surface area contributed by atoms with E-state index in [2.05, 4.69) is 12.1 Å². The van der Waals surface area contributed by atoms with E-state index < -0.39 is 0 Å². The number of aromatic nitrogens is 1. The Bertz CT molecular complexity index is 270. The molecule has 1 fully saturated rings. The van der Waals surface area contributed by atoms with E-state index in [-0.39, 0.29) is 5.41 Å². The number of hydrogen-bond acceptors (Lipinski definition) is 3. The first kappa shape index (κ1) is 7.65. The Morgan fingerprint density at radius 2 is 2.42 bits per heavy atom. The summed E-state index contributed by atoms with van der Waals surface area (Å²) in [4.78, 5) is 0. The highest BCUT2D eigenvalue weighted by Gasteiger charge is 2.40. The van der Waals surface area contributed by atoms with Crippen LogP contribution in [-0.2, 0) is 5.41 Å². The fourth-order valence-corrected chi connectivity index (χ4v) is 1.92. The quantitative estimate of drug-likeness (QED) is 0.731. The molecule has 1 heterocycles. The van der Waals surface area contributed by atoms with Gasteiger partial charge in [0.1, 0.15) is 5.76 Å². The van der Waals surface area contributed by atoms with Crippen molar-refractivity contribution in [1.29, 1.82) is 0 Å². The SMILES string of the molecule is CCC1(c2cc(N)no2)CCC1. The monoisotopic (exact) mass is 166 g/mol. The molecule has 1 aromatic heterocycles. The first-order valence-corrected chi connectivity index (χ1v) is 4.49. The number of rotatable bonds is 2. The molecule has 0 aromatic carbocycles. The van der Waals surface area contributed by atoms with E-state index in [1.165, 1.54) is 19.3 Å². The zero-order valence-corrected chi connectivity index (χ0v) is 7.34. The van der Waals surface area contributed by atoms with Crippen LogP contribution in [0, 0.1) is 0 Å². The predicted molar refractivity (Wildman–Crippen MR) is 46.7 cm³/mol. The maximum atomic E-state index is 5.50. The van der Waals surface area contributed by atoms with Gasteiger partial charge in [0.25, 0.3) is 0 Å². The molecular formula is C9H14N2O. The third kappa shape index (κ3) is 0.924. The summed E-state index contributed by atoms with van der Waals surface area (Å²) < 4.78 is 5.19. The van der Waals surface area contributed by atoms with Gasteiger partial charge >= 0.3 is 0 Å². The fourth-order valence-electron chi connectivity index (χ4n) is 1.92. The first-order valence-electron chi connectivity index (χ1n) is 4.49. The molecule has 1 aromatic rings. The molecule has 2 rings (SSSR count). The van der Waals surface area contributed by atoms with E-state index in [1.807, 2.05) is 6.07 Å². The molecule has 0 saturated heterocycles. The van der Waals surface area contributed by atoms with Crippen molar-refractivity contribution in [3.05, 3.63) is 11.8 Å². The second-order valence-electron chi connectivity index (χ2n) is 3.60. The van der Waals surface area contributed by atoms with Gasteiger partial charge in [-0.3, -0.25) is 0 Å². The van der Waals surface area contributed by atoms with E-state index >= 15 is 0 Å². The lowest BCUT2D eigenvalue weighted by atomic mass is 9.65. The highest BCUT2D eigenvalue weighted by Crippen LogP contribution is 2.46. The molecule has 0 amide bonds. The average Bonchev–Trinajstić information content (AvgIpc) is 2.35. The summed E-state index contributed by atoms with van der Waals surface area (Å²) >= 11 is 0. The predicted octanol–water partition coefficient (Wildman–Crippen LogP) is 2.09. The number of anilines is 1. The van der Waals surface area contributed by atoms with Crippen LogP contribution in [0.2, 0.25) is 0 Å². The largest absolute Gasteiger partial charge is 0.381 e. The number of hydrogen-bond donors (Lipinski definition) is 1. The molecule has 1 aliphatic carbocycles. The summed E-state index contributed by atoms with van der Waals surface area (Å²) in [7, 11) is 0. The molecule has 0 bridgehead atoms. The Hall–Kier alpha value is -0.990. The van der Waals surface area contributed by atoms with Crippen molar-refractivity contribution >= 4 is 5.82 Å². The Labute approximate surface area is 71.9 Å². The Kier molecular flexibility index (Phi) is 1.60. The van der Waals surface area contributed by atoms with Crippen LogP contribution in [0.1, 0.15) is 38.4 Å². The van der Waals surface area contributed by atoms with Gasteiger partial charge in [-0.2, -0.15) is 0 Å². The lowest BCUT2D eigenvalue weighted by Crippen LogP contribution is -2.32. The van der Waals surface area contributed by atoms with E-state index in [9.17, 15) is 0 Å². The maximum Gasteiger partial charge on any atom is 0.167 e. The van der Waals surface area contributed by atoms with Crippen LogP contribution in [0.3, 0.4) is 0 Å². The minimum Gasteiger partial charge on any atom is -0.381 e. The van der Waals surface area contributed by atoms with Gasteiger partial charge in [0.05, 0.1) is 0 Å². The average molecular weight is 166 g/mol. The van der Waals surface area contributed by atoms with Crippen LogP contribution in [0.15, 0.2) is 10.6 Å². The summed E-state index contributed by atoms with van der Waals surface area (Å²) in [5, 5.41) is 3.72. The van der Waals surface area contributed by atoms with Crippen LogP contribution >= 0.6 is 0 Å². The van der Waals surface area contributed by atoms with Gasteiger partial charge in [0, 0.05) is 11.5 Å². The standard InChI is InChI=1S/C9H14N2O/c1-2-9(4-3-5-9)7-6-8(10)11-12-7/h6H,2-5H2,1H3,(H2,10,11). The van der Waals surface area contributed by atoms with Crippen molar-refractivity contribution in [3.8, 4) is 0 Å². The highest BCUT2D eigenvalue weighted by atomic mass is 16.5. The van der Waals surface area contributed by atoms with Crippen molar-refractivity contribution in [3.63, 3.8) is 0 Å². The van der Waals surface area contributed by atoms with Gasteiger partial charge in [-0.15, -0.1) is 0 Å². The minimum atomic E-state index is 0.268. The highest BCUT2D eigenvalue weighted by molar-refractivity contribution is 5.31. The van der Waals surface area contributed by atoms with Gasteiger partial charge < -0.3 is 10.3 Å². The molecule has 0 unspecified atom stereocenters. The molecule has 0 aliphatic heterocycles. The Morgan fingerprint density at radius 1 is 1.67 bits per heavy atom. The molecule has 3 nitrogen and oxygen atoms in total. The molecule has 1 aliphatic rings. The normalized spacial score (nSPS) is 20.4. The fraction of sp³-hybridized carbons (Fsp3) is 0.667. The van der Waals surface area contributed by atoms with E-state index in [0.717, 1.165) is 12.2 Å². The van der Waals surface area contributed by atoms with Crippen LogP contribution in [-0.4, -0.2) is 5.16 Å². The topological polar surface area (TPSA) is 52.0 Å². The summed E-state index contributed by atoms with van der Waals surface area (Å²) in [6.45, 7) is 2.19. The van der Waals surface area contributed by atoms with Crippen molar-refractivity contribution in [2.24, 2.45) is 0 Å². The smallest absolute Gasteiger partial charge is 0.167 e. The lowest BCUT2D eigenvalue weighted by Gasteiger charge is -2.38. The molecular weight excluding hydrogens is 152 g/mol. The molecule has 0 atom stereocenters. The molecule has 12 heavy (non-hydrogen) atoms. The molecule has 0 spiro atoms. The summed E-state index contributed by atoms with van der Waals surface area (Å²) in [5.74, 6) is 1.48. The number of nitrogens with two attached hydrogens (primary N) is 1. The summed E-state index contributed by atoms with van der Waals surface area (Å²) in [6, 6.07) is 1.86. The third-order valence-corrected chi connectivity index (χ3v) is 3.04. The summed E-state index contributed by atoms with van der Waals surface area (Å²) in [5.41, 5.74) is 5.77. The Morgan fingerprint density at radius 3 is 2.75 bits per heavy atom. The maximum absolute atomic E-state index is 5.50. The molecule has 0 radical (unpaired) electrons. The second-order valence-corrected chi connectivity index (χ2v) is 3.60.